The Morgan fingerprint density at radius 3 is 2.64 bits per heavy atom. The summed E-state index contributed by atoms with van der Waals surface area (Å²) in [5.74, 6) is 1.11. The van der Waals surface area contributed by atoms with Crippen LogP contribution >= 0.6 is 0 Å². The summed E-state index contributed by atoms with van der Waals surface area (Å²) in [5, 5.41) is 5.48. The number of nitrogens with two attached hydrogens (primary N) is 1. The lowest BCUT2D eigenvalue weighted by atomic mass is 10.2. The van der Waals surface area contributed by atoms with Crippen molar-refractivity contribution in [3.05, 3.63) is 60.7 Å². The summed E-state index contributed by atoms with van der Waals surface area (Å²) in [5.41, 5.74) is 9.86. The molecule has 0 aliphatic heterocycles. The standard InChI is InChI=1S/C18H17N7/c1-12-4-3-5-14(10-12)24(2)18-15-16(19)21-11-22-17(15)25(23-18)13-6-8-20-9-7-13/h3-11H,1-2H3,(H2,19,21,22). The van der Waals surface area contributed by atoms with E-state index < -0.39 is 0 Å². The molecule has 0 atom stereocenters. The van der Waals surface area contributed by atoms with Crippen LogP contribution in [-0.2, 0) is 0 Å². The molecule has 0 spiro atoms. The normalized spacial score (nSPS) is 11.0. The summed E-state index contributed by atoms with van der Waals surface area (Å²) in [7, 11) is 1.96. The van der Waals surface area contributed by atoms with Gasteiger partial charge in [-0.05, 0) is 36.8 Å². The molecule has 0 radical (unpaired) electrons. The molecule has 3 heterocycles. The fourth-order valence-corrected chi connectivity index (χ4v) is 2.82. The fourth-order valence-electron chi connectivity index (χ4n) is 2.82. The Kier molecular flexibility index (Phi) is 3.53. The van der Waals surface area contributed by atoms with Gasteiger partial charge in [0.05, 0.1) is 5.69 Å². The molecule has 0 amide bonds. The number of aromatic nitrogens is 5. The van der Waals surface area contributed by atoms with Crippen LogP contribution in [0.25, 0.3) is 16.7 Å². The average Bonchev–Trinajstić information content (AvgIpc) is 3.03. The van der Waals surface area contributed by atoms with E-state index in [4.69, 9.17) is 10.8 Å². The Morgan fingerprint density at radius 1 is 1.08 bits per heavy atom. The maximum absolute atomic E-state index is 6.15. The van der Waals surface area contributed by atoms with Crippen molar-refractivity contribution in [3.63, 3.8) is 0 Å². The largest absolute Gasteiger partial charge is 0.383 e. The first-order valence-corrected chi connectivity index (χ1v) is 7.85. The molecule has 0 aliphatic carbocycles. The zero-order valence-electron chi connectivity index (χ0n) is 14.0. The van der Waals surface area contributed by atoms with E-state index in [1.165, 1.54) is 11.9 Å². The lowest BCUT2D eigenvalue weighted by Gasteiger charge is -2.17. The van der Waals surface area contributed by atoms with Crippen molar-refractivity contribution in [2.24, 2.45) is 0 Å². The molecule has 0 aliphatic rings. The molecule has 7 heteroatoms. The van der Waals surface area contributed by atoms with E-state index in [0.29, 0.717) is 17.3 Å². The first kappa shape index (κ1) is 15.1. The molecule has 3 aromatic heterocycles. The van der Waals surface area contributed by atoms with Crippen molar-refractivity contribution in [1.29, 1.82) is 0 Å². The van der Waals surface area contributed by atoms with Gasteiger partial charge in [0.15, 0.2) is 11.5 Å². The summed E-state index contributed by atoms with van der Waals surface area (Å²) in [6.45, 7) is 2.06. The van der Waals surface area contributed by atoms with Gasteiger partial charge in [0.25, 0.3) is 0 Å². The van der Waals surface area contributed by atoms with Crippen molar-refractivity contribution in [2.75, 3.05) is 17.7 Å². The quantitative estimate of drug-likeness (QED) is 0.621. The van der Waals surface area contributed by atoms with E-state index >= 15 is 0 Å². The zero-order chi connectivity index (χ0) is 17.4. The van der Waals surface area contributed by atoms with Crippen LogP contribution in [-0.4, -0.2) is 31.8 Å². The van der Waals surface area contributed by atoms with Gasteiger partial charge in [-0.1, -0.05) is 12.1 Å². The van der Waals surface area contributed by atoms with E-state index in [2.05, 4.69) is 34.0 Å². The Hall–Kier alpha value is -3.48. The van der Waals surface area contributed by atoms with Crippen LogP contribution in [0.4, 0.5) is 17.3 Å². The van der Waals surface area contributed by atoms with Crippen molar-refractivity contribution in [2.45, 2.75) is 6.92 Å². The van der Waals surface area contributed by atoms with Gasteiger partial charge in [0, 0.05) is 25.1 Å². The van der Waals surface area contributed by atoms with Gasteiger partial charge in [0.2, 0.25) is 0 Å². The first-order chi connectivity index (χ1) is 12.1. The molecule has 2 N–H and O–H groups in total. The predicted molar refractivity (Wildman–Crippen MR) is 98.1 cm³/mol. The van der Waals surface area contributed by atoms with Crippen LogP contribution in [0.1, 0.15) is 5.56 Å². The Morgan fingerprint density at radius 2 is 1.88 bits per heavy atom. The molecule has 25 heavy (non-hydrogen) atoms. The second-order valence-electron chi connectivity index (χ2n) is 5.80. The summed E-state index contributed by atoms with van der Waals surface area (Å²) >= 11 is 0. The third kappa shape index (κ3) is 2.55. The third-order valence-electron chi connectivity index (χ3n) is 4.09. The Balaban J connectivity index is 1.95. The highest BCUT2D eigenvalue weighted by atomic mass is 15.4. The predicted octanol–water partition coefficient (Wildman–Crippen LogP) is 2.87. The molecule has 7 nitrogen and oxygen atoms in total. The highest BCUT2D eigenvalue weighted by Crippen LogP contribution is 2.33. The van der Waals surface area contributed by atoms with Gasteiger partial charge in [0.1, 0.15) is 17.5 Å². The van der Waals surface area contributed by atoms with E-state index in [9.17, 15) is 0 Å². The Labute approximate surface area is 144 Å². The molecule has 0 saturated carbocycles. The van der Waals surface area contributed by atoms with Gasteiger partial charge < -0.3 is 10.6 Å². The molecular formula is C18H17N7. The third-order valence-corrected chi connectivity index (χ3v) is 4.09. The summed E-state index contributed by atoms with van der Waals surface area (Å²) in [6.07, 6.45) is 4.89. The molecule has 0 saturated heterocycles. The highest BCUT2D eigenvalue weighted by Gasteiger charge is 2.20. The molecule has 4 aromatic rings. The number of hydrogen-bond acceptors (Lipinski definition) is 6. The molecule has 0 bridgehead atoms. The van der Waals surface area contributed by atoms with Gasteiger partial charge in [-0.3, -0.25) is 4.98 Å². The SMILES string of the molecule is Cc1cccc(N(C)c2nn(-c3ccncc3)c3ncnc(N)c23)c1. The minimum atomic E-state index is 0.403. The van der Waals surface area contributed by atoms with Crippen molar-refractivity contribution in [1.82, 2.24) is 24.7 Å². The smallest absolute Gasteiger partial charge is 0.170 e. The van der Waals surface area contributed by atoms with Gasteiger partial charge >= 0.3 is 0 Å². The average molecular weight is 331 g/mol. The van der Waals surface area contributed by atoms with Crippen LogP contribution in [0.5, 0.6) is 0 Å². The zero-order valence-corrected chi connectivity index (χ0v) is 14.0. The van der Waals surface area contributed by atoms with Crippen LogP contribution < -0.4 is 10.6 Å². The number of aryl methyl sites for hydroxylation is 1. The summed E-state index contributed by atoms with van der Waals surface area (Å²) in [6, 6.07) is 12.0. The second kappa shape index (κ2) is 5.86. The number of nitrogen functional groups attached to an aromatic ring is 1. The monoisotopic (exact) mass is 331 g/mol. The van der Waals surface area contributed by atoms with E-state index in [1.807, 2.05) is 36.2 Å². The minimum Gasteiger partial charge on any atom is -0.383 e. The van der Waals surface area contributed by atoms with Crippen LogP contribution in [0.2, 0.25) is 0 Å². The van der Waals surface area contributed by atoms with E-state index in [0.717, 1.165) is 16.8 Å². The Bertz CT molecular complexity index is 1040. The van der Waals surface area contributed by atoms with Gasteiger partial charge in [-0.25, -0.2) is 14.6 Å². The highest BCUT2D eigenvalue weighted by molar-refractivity contribution is 5.98. The van der Waals surface area contributed by atoms with E-state index in [-0.39, 0.29) is 0 Å². The van der Waals surface area contributed by atoms with Crippen molar-refractivity contribution >= 4 is 28.4 Å². The van der Waals surface area contributed by atoms with E-state index in [1.54, 1.807) is 17.1 Å². The summed E-state index contributed by atoms with van der Waals surface area (Å²) in [4.78, 5) is 14.6. The van der Waals surface area contributed by atoms with Crippen LogP contribution in [0.15, 0.2) is 55.1 Å². The second-order valence-corrected chi connectivity index (χ2v) is 5.80. The lowest BCUT2D eigenvalue weighted by molar-refractivity contribution is 0.883. The molecular weight excluding hydrogens is 314 g/mol. The van der Waals surface area contributed by atoms with Crippen molar-refractivity contribution in [3.8, 4) is 5.69 Å². The number of anilines is 3. The van der Waals surface area contributed by atoms with Crippen molar-refractivity contribution < 1.29 is 0 Å². The number of nitrogens with zero attached hydrogens (tertiary/aromatic N) is 6. The number of rotatable bonds is 3. The summed E-state index contributed by atoms with van der Waals surface area (Å²) < 4.78 is 1.76. The lowest BCUT2D eigenvalue weighted by Crippen LogP contribution is -2.11. The molecule has 1 aromatic carbocycles. The van der Waals surface area contributed by atoms with Gasteiger partial charge in [-0.2, -0.15) is 0 Å². The topological polar surface area (TPSA) is 85.8 Å². The molecule has 0 fully saturated rings. The number of fused-ring (bicyclic) bond motifs is 1. The molecule has 124 valence electrons. The minimum absolute atomic E-state index is 0.403. The van der Waals surface area contributed by atoms with Gasteiger partial charge in [-0.15, -0.1) is 5.10 Å². The first-order valence-electron chi connectivity index (χ1n) is 7.85. The number of pyridine rings is 1. The number of hydrogen-bond donors (Lipinski definition) is 1. The molecule has 0 unspecified atom stereocenters. The maximum atomic E-state index is 6.15. The van der Waals surface area contributed by atoms with Crippen LogP contribution in [0.3, 0.4) is 0 Å². The fraction of sp³-hybridized carbons (Fsp3) is 0.111. The molecule has 4 rings (SSSR count). The maximum Gasteiger partial charge on any atom is 0.170 e. The van der Waals surface area contributed by atoms with Crippen LogP contribution in [0, 0.1) is 6.92 Å². The number of benzene rings is 1.